The molecule has 7 rings (SSSR count). The fourth-order valence-corrected chi connectivity index (χ4v) is 8.73. The van der Waals surface area contributed by atoms with Gasteiger partial charge in [-0.05, 0) is 49.9 Å². The van der Waals surface area contributed by atoms with Crippen molar-refractivity contribution in [1.29, 1.82) is 0 Å². The van der Waals surface area contributed by atoms with Gasteiger partial charge in [-0.1, -0.05) is 41.4 Å². The predicted molar refractivity (Wildman–Crippen MR) is 177 cm³/mol. The Bertz CT molecular complexity index is 2030. The first-order valence-corrected chi connectivity index (χ1v) is 16.5. The molecule has 51 heavy (non-hydrogen) atoms. The molecular weight excluding hydrogens is 693 g/mol. The molecule has 1 aromatic heterocycles. The Morgan fingerprint density at radius 2 is 1.69 bits per heavy atom. The van der Waals surface area contributed by atoms with Gasteiger partial charge < -0.3 is 14.6 Å². The van der Waals surface area contributed by atoms with Crippen LogP contribution in [0.3, 0.4) is 0 Å². The number of anilines is 2. The van der Waals surface area contributed by atoms with Crippen molar-refractivity contribution in [2.24, 2.45) is 29.1 Å². The van der Waals surface area contributed by atoms with Gasteiger partial charge in [-0.3, -0.25) is 24.2 Å². The molecule has 2 aromatic carbocycles. The van der Waals surface area contributed by atoms with E-state index in [0.29, 0.717) is 17.3 Å². The van der Waals surface area contributed by atoms with Crippen LogP contribution in [-0.2, 0) is 25.4 Å². The number of phenols is 1. The molecule has 4 aliphatic rings. The van der Waals surface area contributed by atoms with Gasteiger partial charge in [-0.15, -0.1) is 0 Å². The molecule has 0 radical (unpaired) electrons. The summed E-state index contributed by atoms with van der Waals surface area (Å²) in [5.41, 5.74) is -1.61. The number of imide groups is 2. The molecule has 15 heteroatoms. The number of para-hydroxylation sites is 1. The van der Waals surface area contributed by atoms with Crippen LogP contribution in [0, 0.1) is 29.1 Å². The lowest BCUT2D eigenvalue weighted by atomic mass is 9.51. The third-order valence-electron chi connectivity index (χ3n) is 10.8. The van der Waals surface area contributed by atoms with E-state index in [1.165, 1.54) is 27.3 Å². The maximum Gasteiger partial charge on any atom is 0.433 e. The number of halogens is 4. The number of pyridine rings is 1. The zero-order valence-electron chi connectivity index (χ0n) is 27.8. The largest absolute Gasteiger partial charge is 0.507 e. The Morgan fingerprint density at radius 1 is 0.980 bits per heavy atom. The van der Waals surface area contributed by atoms with Crippen LogP contribution in [0.2, 0.25) is 5.02 Å². The van der Waals surface area contributed by atoms with Crippen LogP contribution in [0.5, 0.6) is 17.2 Å². The predicted octanol–water partition coefficient (Wildman–Crippen LogP) is 5.76. The maximum atomic E-state index is 14.6. The van der Waals surface area contributed by atoms with Gasteiger partial charge in [0.1, 0.15) is 22.9 Å². The molecule has 2 saturated heterocycles. The Kier molecular flexibility index (Phi) is 8.08. The SMILES string of the molecule is COc1cc(O)c(C2C3=CCC4C(=O)N(N(C)c5nc(C(F)(F)F)ccc5Cl)C(=O)C4C3CC3C(=O)N(c4ccccc4)C(=O)C32C)c(OC)c1. The van der Waals surface area contributed by atoms with Crippen molar-refractivity contribution < 1.29 is 46.9 Å². The summed E-state index contributed by atoms with van der Waals surface area (Å²) in [7, 11) is 4.03. The molecule has 1 N–H and O–H groups in total. The summed E-state index contributed by atoms with van der Waals surface area (Å²) in [5.74, 6) is -7.44. The third kappa shape index (κ3) is 4.97. The highest BCUT2D eigenvalue weighted by Crippen LogP contribution is 2.65. The van der Waals surface area contributed by atoms with Gasteiger partial charge in [0.05, 0.1) is 48.1 Å². The maximum absolute atomic E-state index is 14.6. The van der Waals surface area contributed by atoms with Crippen molar-refractivity contribution in [2.75, 3.05) is 31.2 Å². The van der Waals surface area contributed by atoms with Crippen LogP contribution in [0.4, 0.5) is 24.7 Å². The third-order valence-corrected chi connectivity index (χ3v) is 11.1. The lowest BCUT2D eigenvalue weighted by Gasteiger charge is -2.49. The van der Waals surface area contributed by atoms with Crippen molar-refractivity contribution in [1.82, 2.24) is 9.99 Å². The monoisotopic (exact) mass is 724 g/mol. The molecule has 3 fully saturated rings. The number of hydrazine groups is 1. The quantitative estimate of drug-likeness (QED) is 0.249. The first-order valence-electron chi connectivity index (χ1n) is 16.1. The Labute approximate surface area is 295 Å². The first-order chi connectivity index (χ1) is 24.1. The molecule has 11 nitrogen and oxygen atoms in total. The molecular formula is C36H32ClF3N4O7. The van der Waals surface area contributed by atoms with Gasteiger partial charge >= 0.3 is 6.18 Å². The van der Waals surface area contributed by atoms with E-state index < -0.39 is 76.3 Å². The van der Waals surface area contributed by atoms with Crippen LogP contribution in [0.15, 0.2) is 66.2 Å². The second kappa shape index (κ2) is 12.0. The molecule has 2 aliphatic carbocycles. The van der Waals surface area contributed by atoms with E-state index >= 15 is 0 Å². The Balaban J connectivity index is 1.36. The van der Waals surface area contributed by atoms with E-state index in [4.69, 9.17) is 21.1 Å². The summed E-state index contributed by atoms with van der Waals surface area (Å²) < 4.78 is 51.8. The number of nitrogens with zero attached hydrogens (tertiary/aromatic N) is 4. The fourth-order valence-electron chi connectivity index (χ4n) is 8.50. The van der Waals surface area contributed by atoms with E-state index in [1.54, 1.807) is 49.4 Å². The number of carbonyl (C=O) groups excluding carboxylic acids is 4. The number of hydrogen-bond acceptors (Lipinski definition) is 9. The highest BCUT2D eigenvalue weighted by atomic mass is 35.5. The van der Waals surface area contributed by atoms with Gasteiger partial charge in [-0.25, -0.2) is 9.88 Å². The molecule has 0 bridgehead atoms. The summed E-state index contributed by atoms with van der Waals surface area (Å²) in [6, 6.07) is 13.0. The van der Waals surface area contributed by atoms with Crippen molar-refractivity contribution in [2.45, 2.75) is 31.9 Å². The van der Waals surface area contributed by atoms with E-state index in [-0.39, 0.29) is 40.7 Å². The molecule has 3 heterocycles. The van der Waals surface area contributed by atoms with Crippen LogP contribution in [-0.4, -0.2) is 60.0 Å². The number of aromatic nitrogens is 1. The second-order valence-corrected chi connectivity index (χ2v) is 13.7. The number of ether oxygens (including phenoxy) is 2. The van der Waals surface area contributed by atoms with E-state index in [2.05, 4.69) is 4.98 Å². The van der Waals surface area contributed by atoms with E-state index in [0.717, 1.165) is 21.0 Å². The lowest BCUT2D eigenvalue weighted by Crippen LogP contribution is -2.49. The average molecular weight is 725 g/mol. The van der Waals surface area contributed by atoms with Gasteiger partial charge in [-0.2, -0.15) is 18.2 Å². The van der Waals surface area contributed by atoms with Crippen LogP contribution in [0.25, 0.3) is 0 Å². The van der Waals surface area contributed by atoms with Gasteiger partial charge in [0.25, 0.3) is 11.8 Å². The standard InChI is InChI=1S/C36H32ClF3N4O7/c1-35-22(32(47)43(34(35)49)17-8-6-5-7-9-17)16-21-19(29(35)28-24(45)14-18(50-3)15-25(28)51-4)10-11-20-27(21)33(48)44(31(20)46)42(2)30-23(37)12-13-26(41-30)36(38,39)40/h5-10,12-15,20-22,27,29,45H,11,16H2,1-4H3. The normalized spacial score (nSPS) is 27.2. The van der Waals surface area contributed by atoms with Crippen molar-refractivity contribution in [3.05, 3.63) is 82.5 Å². The minimum Gasteiger partial charge on any atom is -0.507 e. The molecule has 4 amide bonds. The number of allylic oxidation sites excluding steroid dienone is 2. The van der Waals surface area contributed by atoms with Crippen molar-refractivity contribution in [3.8, 4) is 17.2 Å². The number of hydrogen-bond donors (Lipinski definition) is 1. The zero-order valence-corrected chi connectivity index (χ0v) is 28.5. The molecule has 1 saturated carbocycles. The number of methoxy groups -OCH3 is 2. The summed E-state index contributed by atoms with van der Waals surface area (Å²) in [6.07, 6.45) is -3.00. The molecule has 266 valence electrons. The number of alkyl halides is 3. The van der Waals surface area contributed by atoms with E-state index in [1.807, 2.05) is 0 Å². The zero-order chi connectivity index (χ0) is 36.7. The van der Waals surface area contributed by atoms with Crippen molar-refractivity contribution >= 4 is 46.7 Å². The molecule has 6 unspecified atom stereocenters. The van der Waals surface area contributed by atoms with Crippen LogP contribution in [0.1, 0.15) is 36.9 Å². The highest BCUT2D eigenvalue weighted by Gasteiger charge is 2.68. The molecule has 3 aromatic rings. The minimum atomic E-state index is -4.82. The summed E-state index contributed by atoms with van der Waals surface area (Å²) >= 11 is 6.25. The Morgan fingerprint density at radius 3 is 2.33 bits per heavy atom. The number of rotatable bonds is 6. The van der Waals surface area contributed by atoms with Gasteiger partial charge in [0, 0.05) is 30.7 Å². The van der Waals surface area contributed by atoms with Gasteiger partial charge in [0.2, 0.25) is 11.8 Å². The van der Waals surface area contributed by atoms with E-state index in [9.17, 15) is 37.5 Å². The minimum absolute atomic E-state index is 0.00623. The Hall–Kier alpha value is -5.11. The average Bonchev–Trinajstić information content (AvgIpc) is 3.47. The summed E-state index contributed by atoms with van der Waals surface area (Å²) in [4.78, 5) is 62.2. The van der Waals surface area contributed by atoms with Crippen LogP contribution >= 0.6 is 11.6 Å². The number of benzene rings is 2. The second-order valence-electron chi connectivity index (χ2n) is 13.3. The smallest absolute Gasteiger partial charge is 0.433 e. The number of amides is 4. The number of carbonyl (C=O) groups is 4. The molecule has 6 atom stereocenters. The number of aromatic hydroxyl groups is 1. The topological polar surface area (TPSA) is 130 Å². The number of phenolic OH excluding ortho intramolecular Hbond substituents is 1. The lowest BCUT2D eigenvalue weighted by molar-refractivity contribution is -0.141. The highest BCUT2D eigenvalue weighted by molar-refractivity contribution is 6.33. The van der Waals surface area contributed by atoms with Gasteiger partial charge in [0.15, 0.2) is 5.82 Å². The summed E-state index contributed by atoms with van der Waals surface area (Å²) in [6.45, 7) is 1.67. The number of fused-ring (bicyclic) bond motifs is 4. The molecule has 0 spiro atoms. The first kappa shape index (κ1) is 34.3. The van der Waals surface area contributed by atoms with Crippen LogP contribution < -0.4 is 19.4 Å². The van der Waals surface area contributed by atoms with Crippen molar-refractivity contribution in [3.63, 3.8) is 0 Å². The fraction of sp³-hybridized carbons (Fsp3) is 0.361. The summed E-state index contributed by atoms with van der Waals surface area (Å²) in [5, 5.41) is 13.0. The molecule has 2 aliphatic heterocycles.